The van der Waals surface area contributed by atoms with Crippen LogP contribution in [0.3, 0.4) is 0 Å². The molecule has 210 valence electrons. The molecule has 3 aromatic rings. The highest BCUT2D eigenvalue weighted by Gasteiger charge is 2.52. The van der Waals surface area contributed by atoms with Crippen molar-refractivity contribution in [3.8, 4) is 22.9 Å². The first-order valence-electron chi connectivity index (χ1n) is 11.7. The fraction of sp³-hybridized carbons (Fsp3) is 0.375. The lowest BCUT2D eigenvalue weighted by atomic mass is 9.98. The summed E-state index contributed by atoms with van der Waals surface area (Å²) in [5, 5.41) is 12.9. The first-order valence-corrected chi connectivity index (χ1v) is 13.2. The van der Waals surface area contributed by atoms with Crippen molar-refractivity contribution < 1.29 is 50.3 Å². The number of alkyl halides is 3. The van der Waals surface area contributed by atoms with Gasteiger partial charge in [-0.1, -0.05) is 17.3 Å². The number of aromatic nitrogens is 2. The highest BCUT2D eigenvalue weighted by atomic mass is 32.2. The Balaban J connectivity index is 1.32. The number of hydrogen-bond donors (Lipinski definition) is 2. The predicted octanol–water partition coefficient (Wildman–Crippen LogP) is 3.48. The average Bonchev–Trinajstić information content (AvgIpc) is 3.39. The van der Waals surface area contributed by atoms with E-state index in [9.17, 15) is 26.4 Å². The van der Waals surface area contributed by atoms with E-state index < -0.39 is 32.6 Å². The number of halogens is 3. The molecule has 0 saturated carbocycles. The molecular formula is C24H24F3N3O8S. The summed E-state index contributed by atoms with van der Waals surface area (Å²) in [4.78, 5) is 16.4. The number of carbonyl (C=O) groups excluding carboxylic acids is 1. The van der Waals surface area contributed by atoms with E-state index in [-0.39, 0.29) is 54.8 Å². The maximum absolute atomic E-state index is 13.3. The van der Waals surface area contributed by atoms with Gasteiger partial charge in [-0.25, -0.2) is 13.9 Å². The topological polar surface area (TPSA) is 150 Å². The number of carbonyl (C=O) groups is 1. The predicted molar refractivity (Wildman–Crippen MR) is 127 cm³/mol. The summed E-state index contributed by atoms with van der Waals surface area (Å²) in [6.07, 6.45) is -4.24. The van der Waals surface area contributed by atoms with Gasteiger partial charge < -0.3 is 18.7 Å². The molecule has 2 heterocycles. The molecule has 0 unspecified atom stereocenters. The third-order valence-electron chi connectivity index (χ3n) is 6.06. The van der Waals surface area contributed by atoms with Gasteiger partial charge in [-0.3, -0.25) is 10.0 Å². The Morgan fingerprint density at radius 2 is 1.82 bits per heavy atom. The zero-order chi connectivity index (χ0) is 28.1. The third-order valence-corrected chi connectivity index (χ3v) is 8.58. The number of sulfone groups is 1. The molecule has 39 heavy (non-hydrogen) atoms. The van der Waals surface area contributed by atoms with E-state index in [1.54, 1.807) is 0 Å². The first-order chi connectivity index (χ1) is 18.5. The third kappa shape index (κ3) is 6.49. The fourth-order valence-corrected chi connectivity index (χ4v) is 6.02. The second-order valence-corrected chi connectivity index (χ2v) is 10.8. The molecule has 2 aromatic carbocycles. The summed E-state index contributed by atoms with van der Waals surface area (Å²) in [7, 11) is -4.14. The standard InChI is InChI=1S/C24H24F3N3O8S/c25-24(26,27)37-18-4-1-3-16(15-18)21-28-20(38-30-21)5-2-12-36-17-6-8-19(9-7-17)39(33,34)23(22(31)29-32)10-13-35-14-11-23/h1,3-4,6-9,15,32H,2,5,10-14H2,(H,29,31). The van der Waals surface area contributed by atoms with E-state index in [0.717, 1.165) is 12.1 Å². The van der Waals surface area contributed by atoms with Crippen LogP contribution in [0.2, 0.25) is 0 Å². The molecule has 2 N–H and O–H groups in total. The van der Waals surface area contributed by atoms with Gasteiger partial charge in [0, 0.05) is 25.2 Å². The molecule has 1 aliphatic heterocycles. The lowest BCUT2D eigenvalue weighted by molar-refractivity contribution is -0.274. The minimum absolute atomic E-state index is 0.0637. The molecular weight excluding hydrogens is 547 g/mol. The van der Waals surface area contributed by atoms with Crippen molar-refractivity contribution in [1.29, 1.82) is 0 Å². The number of rotatable bonds is 10. The van der Waals surface area contributed by atoms with E-state index in [4.69, 9.17) is 19.2 Å². The average molecular weight is 572 g/mol. The molecule has 1 amide bonds. The van der Waals surface area contributed by atoms with E-state index in [1.165, 1.54) is 41.9 Å². The van der Waals surface area contributed by atoms with Crippen LogP contribution in [0.5, 0.6) is 11.5 Å². The van der Waals surface area contributed by atoms with Crippen molar-refractivity contribution in [3.05, 3.63) is 54.4 Å². The SMILES string of the molecule is O=C(NO)C1(S(=O)(=O)c2ccc(OCCCc3nc(-c4cccc(OC(F)(F)F)c4)no3)cc2)CCOCC1. The number of aryl methyl sites for hydroxylation is 1. The molecule has 0 bridgehead atoms. The van der Waals surface area contributed by atoms with E-state index in [0.29, 0.717) is 18.6 Å². The van der Waals surface area contributed by atoms with Crippen LogP contribution >= 0.6 is 0 Å². The van der Waals surface area contributed by atoms with Crippen LogP contribution < -0.4 is 15.0 Å². The Morgan fingerprint density at radius 3 is 2.49 bits per heavy atom. The van der Waals surface area contributed by atoms with Crippen LogP contribution in [0.15, 0.2) is 57.9 Å². The summed E-state index contributed by atoms with van der Waals surface area (Å²) in [6, 6.07) is 10.8. The van der Waals surface area contributed by atoms with Crippen molar-refractivity contribution in [3.63, 3.8) is 0 Å². The Hall–Kier alpha value is -3.69. The summed E-state index contributed by atoms with van der Waals surface area (Å²) in [6.45, 7) is 0.343. The van der Waals surface area contributed by atoms with Crippen LogP contribution in [0.25, 0.3) is 11.4 Å². The Bertz CT molecular complexity index is 1390. The minimum atomic E-state index is -4.82. The van der Waals surface area contributed by atoms with E-state index >= 15 is 0 Å². The molecule has 15 heteroatoms. The molecule has 4 rings (SSSR count). The maximum Gasteiger partial charge on any atom is 0.573 e. The van der Waals surface area contributed by atoms with Crippen molar-refractivity contribution in [2.45, 2.75) is 41.7 Å². The smallest absolute Gasteiger partial charge is 0.494 e. The summed E-state index contributed by atoms with van der Waals surface area (Å²) in [5.41, 5.74) is 1.76. The minimum Gasteiger partial charge on any atom is -0.494 e. The summed E-state index contributed by atoms with van der Waals surface area (Å²) >= 11 is 0. The van der Waals surface area contributed by atoms with Gasteiger partial charge in [0.25, 0.3) is 5.91 Å². The van der Waals surface area contributed by atoms with Gasteiger partial charge in [0.05, 0.1) is 11.5 Å². The van der Waals surface area contributed by atoms with Gasteiger partial charge in [-0.15, -0.1) is 13.2 Å². The van der Waals surface area contributed by atoms with Crippen molar-refractivity contribution in [2.24, 2.45) is 0 Å². The largest absolute Gasteiger partial charge is 0.573 e. The maximum atomic E-state index is 13.3. The molecule has 0 atom stereocenters. The van der Waals surface area contributed by atoms with Gasteiger partial charge in [-0.05, 0) is 55.7 Å². The number of benzene rings is 2. The molecule has 0 spiro atoms. The van der Waals surface area contributed by atoms with E-state index in [2.05, 4.69) is 14.9 Å². The Labute approximate surface area is 220 Å². The molecule has 1 aliphatic rings. The summed E-state index contributed by atoms with van der Waals surface area (Å²) < 4.78 is 81.9. The summed E-state index contributed by atoms with van der Waals surface area (Å²) in [5.74, 6) is -0.668. The quantitative estimate of drug-likeness (QED) is 0.210. The Morgan fingerprint density at radius 1 is 1.10 bits per heavy atom. The van der Waals surface area contributed by atoms with Gasteiger partial charge in [0.2, 0.25) is 11.7 Å². The second kappa shape index (κ2) is 11.6. The second-order valence-electron chi connectivity index (χ2n) is 8.56. The van der Waals surface area contributed by atoms with Crippen molar-refractivity contribution in [1.82, 2.24) is 15.6 Å². The van der Waals surface area contributed by atoms with E-state index in [1.807, 2.05) is 0 Å². The van der Waals surface area contributed by atoms with Crippen molar-refractivity contribution in [2.75, 3.05) is 19.8 Å². The molecule has 1 aromatic heterocycles. The van der Waals surface area contributed by atoms with Crippen LogP contribution in [0.4, 0.5) is 13.2 Å². The lowest BCUT2D eigenvalue weighted by Gasteiger charge is -2.34. The number of nitrogens with zero attached hydrogens (tertiary/aromatic N) is 2. The molecule has 0 radical (unpaired) electrons. The highest BCUT2D eigenvalue weighted by molar-refractivity contribution is 7.93. The zero-order valence-corrected chi connectivity index (χ0v) is 21.1. The normalized spacial score (nSPS) is 15.5. The highest BCUT2D eigenvalue weighted by Crippen LogP contribution is 2.36. The number of nitrogens with one attached hydrogen (secondary N) is 1. The van der Waals surface area contributed by atoms with Crippen LogP contribution in [0.1, 0.15) is 25.2 Å². The number of amides is 1. The van der Waals surface area contributed by atoms with Crippen LogP contribution in [-0.2, 0) is 25.8 Å². The van der Waals surface area contributed by atoms with Crippen LogP contribution in [-0.4, -0.2) is 60.6 Å². The molecule has 11 nitrogen and oxygen atoms in total. The fourth-order valence-electron chi connectivity index (χ4n) is 4.08. The zero-order valence-electron chi connectivity index (χ0n) is 20.3. The van der Waals surface area contributed by atoms with Gasteiger partial charge in [-0.2, -0.15) is 4.98 Å². The number of ether oxygens (including phenoxy) is 3. The van der Waals surface area contributed by atoms with Crippen LogP contribution in [0, 0.1) is 0 Å². The Kier molecular flexibility index (Phi) is 8.42. The van der Waals surface area contributed by atoms with Gasteiger partial charge in [0.1, 0.15) is 11.5 Å². The molecule has 1 saturated heterocycles. The lowest BCUT2D eigenvalue weighted by Crippen LogP contribution is -2.54. The molecule has 1 fully saturated rings. The first kappa shape index (κ1) is 28.3. The van der Waals surface area contributed by atoms with Gasteiger partial charge in [0.15, 0.2) is 14.6 Å². The molecule has 0 aliphatic carbocycles. The number of hydroxylamine groups is 1. The van der Waals surface area contributed by atoms with Crippen molar-refractivity contribution >= 4 is 15.7 Å². The van der Waals surface area contributed by atoms with Gasteiger partial charge >= 0.3 is 6.36 Å². The number of hydrogen-bond acceptors (Lipinski definition) is 10. The monoisotopic (exact) mass is 571 g/mol.